The number of Topliss-reactive ketones (excluding diaryl/α,β-unsaturated/α-hetero) is 1. The number of rotatable bonds is 9. The lowest BCUT2D eigenvalue weighted by molar-refractivity contribution is 0.0324. The van der Waals surface area contributed by atoms with E-state index in [1.54, 1.807) is 11.3 Å². The SMILES string of the molecule is COCC(O)COc1c(C)cc(CCC(=O)c2sc(C)c3c2C[C@@H]2[C@H]3C2(C)C)cc1Cl. The van der Waals surface area contributed by atoms with Crippen molar-refractivity contribution in [2.24, 2.45) is 11.3 Å². The second-order valence-electron chi connectivity index (χ2n) is 9.56. The lowest BCUT2D eigenvalue weighted by Crippen LogP contribution is -2.23. The van der Waals surface area contributed by atoms with Gasteiger partial charge in [0, 0.05) is 18.4 Å². The predicted molar refractivity (Wildman–Crippen MR) is 125 cm³/mol. The van der Waals surface area contributed by atoms with E-state index in [-0.39, 0.29) is 19.0 Å². The van der Waals surface area contributed by atoms with Gasteiger partial charge in [0.05, 0.1) is 16.5 Å². The largest absolute Gasteiger partial charge is 0.489 e. The van der Waals surface area contributed by atoms with E-state index in [0.29, 0.717) is 40.9 Å². The molecule has 0 radical (unpaired) electrons. The lowest BCUT2D eigenvalue weighted by Gasteiger charge is -2.15. The van der Waals surface area contributed by atoms with Crippen LogP contribution < -0.4 is 4.74 Å². The molecule has 4 rings (SSSR count). The van der Waals surface area contributed by atoms with Crippen molar-refractivity contribution >= 4 is 28.7 Å². The van der Waals surface area contributed by atoms with E-state index in [1.807, 2.05) is 19.1 Å². The molecule has 6 heteroatoms. The van der Waals surface area contributed by atoms with Crippen molar-refractivity contribution in [3.8, 4) is 5.75 Å². The topological polar surface area (TPSA) is 55.8 Å². The maximum absolute atomic E-state index is 13.1. The second-order valence-corrected chi connectivity index (χ2v) is 11.2. The highest BCUT2D eigenvalue weighted by molar-refractivity contribution is 7.14. The number of carbonyl (C=O) groups excluding carboxylic acids is 1. The molecular formula is C25H31ClO4S. The van der Waals surface area contributed by atoms with E-state index in [2.05, 4.69) is 20.8 Å². The van der Waals surface area contributed by atoms with Crippen molar-refractivity contribution in [2.75, 3.05) is 20.3 Å². The number of carbonyl (C=O) groups is 1. The summed E-state index contributed by atoms with van der Waals surface area (Å²) in [6.07, 6.45) is 1.49. The minimum absolute atomic E-state index is 0.119. The van der Waals surface area contributed by atoms with Gasteiger partial charge in [-0.05, 0) is 72.3 Å². The molecule has 0 aliphatic heterocycles. The van der Waals surface area contributed by atoms with Gasteiger partial charge in [0.15, 0.2) is 5.78 Å². The smallest absolute Gasteiger partial charge is 0.173 e. The lowest BCUT2D eigenvalue weighted by atomic mass is 9.94. The summed E-state index contributed by atoms with van der Waals surface area (Å²) in [5.41, 5.74) is 5.12. The molecule has 1 saturated carbocycles. The number of ether oxygens (including phenoxy) is 2. The Morgan fingerprint density at radius 1 is 1.32 bits per heavy atom. The average molecular weight is 463 g/mol. The first-order chi connectivity index (χ1) is 14.6. The predicted octanol–water partition coefficient (Wildman–Crippen LogP) is 5.52. The number of ketones is 1. The highest BCUT2D eigenvalue weighted by Gasteiger charge is 2.63. The molecule has 1 aromatic carbocycles. The van der Waals surface area contributed by atoms with Gasteiger partial charge >= 0.3 is 0 Å². The van der Waals surface area contributed by atoms with Crippen LogP contribution in [-0.2, 0) is 17.6 Å². The number of hydrogen-bond donors (Lipinski definition) is 1. The summed E-state index contributed by atoms with van der Waals surface area (Å²) in [6, 6.07) is 3.88. The normalized spacial score (nSPS) is 21.5. The van der Waals surface area contributed by atoms with Crippen LogP contribution in [0.1, 0.15) is 63.0 Å². The Morgan fingerprint density at radius 3 is 2.74 bits per heavy atom. The first-order valence-electron chi connectivity index (χ1n) is 10.9. The molecule has 0 amide bonds. The van der Waals surface area contributed by atoms with E-state index < -0.39 is 6.10 Å². The molecule has 168 valence electrons. The summed E-state index contributed by atoms with van der Waals surface area (Å²) in [5, 5.41) is 10.3. The summed E-state index contributed by atoms with van der Waals surface area (Å²) in [7, 11) is 1.53. The Hall–Kier alpha value is -1.40. The summed E-state index contributed by atoms with van der Waals surface area (Å²) in [5.74, 6) is 2.18. The van der Waals surface area contributed by atoms with E-state index in [9.17, 15) is 9.90 Å². The van der Waals surface area contributed by atoms with Crippen LogP contribution in [0.3, 0.4) is 0 Å². The van der Waals surface area contributed by atoms with Crippen LogP contribution in [0.4, 0.5) is 0 Å². The van der Waals surface area contributed by atoms with Crippen LogP contribution in [-0.4, -0.2) is 37.3 Å². The molecule has 2 aromatic rings. The fraction of sp³-hybridized carbons (Fsp3) is 0.560. The van der Waals surface area contributed by atoms with Gasteiger partial charge in [-0.3, -0.25) is 4.79 Å². The zero-order chi connectivity index (χ0) is 22.5. The Balaban J connectivity index is 1.41. The van der Waals surface area contributed by atoms with Gasteiger partial charge in [0.1, 0.15) is 18.5 Å². The summed E-state index contributed by atoms with van der Waals surface area (Å²) in [6.45, 7) is 9.13. The van der Waals surface area contributed by atoms with Crippen molar-refractivity contribution in [1.29, 1.82) is 0 Å². The molecule has 0 spiro atoms. The number of methoxy groups -OCH3 is 1. The fourth-order valence-electron chi connectivity index (χ4n) is 5.28. The zero-order valence-corrected chi connectivity index (χ0v) is 20.5. The number of hydrogen-bond acceptors (Lipinski definition) is 5. The van der Waals surface area contributed by atoms with Crippen LogP contribution in [0.25, 0.3) is 0 Å². The highest BCUT2D eigenvalue weighted by atomic mass is 35.5. The van der Waals surface area contributed by atoms with E-state index in [0.717, 1.165) is 22.4 Å². The van der Waals surface area contributed by atoms with Gasteiger partial charge in [0.2, 0.25) is 0 Å². The first-order valence-corrected chi connectivity index (χ1v) is 12.1. The maximum atomic E-state index is 13.1. The van der Waals surface area contributed by atoms with Gasteiger partial charge in [-0.25, -0.2) is 0 Å². The average Bonchev–Trinajstić information content (AvgIpc) is 3.02. The summed E-state index contributed by atoms with van der Waals surface area (Å²) >= 11 is 8.12. The third kappa shape index (κ3) is 4.18. The molecule has 31 heavy (non-hydrogen) atoms. The monoisotopic (exact) mass is 462 g/mol. The number of fused-ring (bicyclic) bond motifs is 3. The minimum atomic E-state index is -0.703. The van der Waals surface area contributed by atoms with Crippen LogP contribution in [0.2, 0.25) is 5.02 Å². The molecule has 1 fully saturated rings. The van der Waals surface area contributed by atoms with Gasteiger partial charge in [-0.1, -0.05) is 31.5 Å². The van der Waals surface area contributed by atoms with Crippen LogP contribution in [0.15, 0.2) is 12.1 Å². The van der Waals surface area contributed by atoms with Gasteiger partial charge in [-0.2, -0.15) is 0 Å². The number of benzene rings is 1. The Bertz CT molecular complexity index is 986. The van der Waals surface area contributed by atoms with E-state index in [1.165, 1.54) is 23.1 Å². The first kappa shape index (κ1) is 22.8. The molecule has 1 unspecified atom stereocenters. The Kier molecular flexibility index (Phi) is 6.25. The molecule has 4 nitrogen and oxygen atoms in total. The van der Waals surface area contributed by atoms with Crippen LogP contribution in [0.5, 0.6) is 5.75 Å². The molecule has 1 N–H and O–H groups in total. The standard InChI is InChI=1S/C25H31ClO4S/c1-13-8-15(9-19(26)23(13)30-12-16(27)11-29-5)6-7-20(28)24-17-10-18-22(25(18,3)4)21(17)14(2)31-24/h8-9,16,18,22,27H,6-7,10-12H2,1-5H3/t16?,18-,22-/m1/s1. The molecular weight excluding hydrogens is 432 g/mol. The molecule has 1 heterocycles. The van der Waals surface area contributed by atoms with E-state index in [4.69, 9.17) is 21.1 Å². The van der Waals surface area contributed by atoms with Crippen molar-refractivity contribution in [3.05, 3.63) is 49.2 Å². The Morgan fingerprint density at radius 2 is 2.06 bits per heavy atom. The van der Waals surface area contributed by atoms with Crippen molar-refractivity contribution in [1.82, 2.24) is 0 Å². The molecule has 0 saturated heterocycles. The third-order valence-electron chi connectivity index (χ3n) is 6.98. The maximum Gasteiger partial charge on any atom is 0.173 e. The van der Waals surface area contributed by atoms with Crippen molar-refractivity contribution in [3.63, 3.8) is 0 Å². The fourth-order valence-corrected chi connectivity index (χ4v) is 6.82. The summed E-state index contributed by atoms with van der Waals surface area (Å²) in [4.78, 5) is 15.4. The van der Waals surface area contributed by atoms with Crippen LogP contribution >= 0.6 is 22.9 Å². The van der Waals surface area contributed by atoms with Crippen LogP contribution in [0, 0.1) is 25.2 Å². The summed E-state index contributed by atoms with van der Waals surface area (Å²) < 4.78 is 10.6. The van der Waals surface area contributed by atoms with Crippen molar-refractivity contribution < 1.29 is 19.4 Å². The van der Waals surface area contributed by atoms with E-state index >= 15 is 0 Å². The Labute approximate surface area is 193 Å². The molecule has 0 bridgehead atoms. The number of thiophene rings is 1. The molecule has 1 aromatic heterocycles. The third-order valence-corrected chi connectivity index (χ3v) is 8.47. The highest BCUT2D eigenvalue weighted by Crippen LogP contribution is 2.71. The molecule has 2 aliphatic rings. The quantitative estimate of drug-likeness (QED) is 0.499. The zero-order valence-electron chi connectivity index (χ0n) is 18.9. The number of halogens is 1. The number of aryl methyl sites for hydroxylation is 3. The number of aliphatic hydroxyl groups excluding tert-OH is 1. The molecule has 3 atom stereocenters. The van der Waals surface area contributed by atoms with Crippen molar-refractivity contribution in [2.45, 2.75) is 59.0 Å². The minimum Gasteiger partial charge on any atom is -0.489 e. The van der Waals surface area contributed by atoms with Gasteiger partial charge < -0.3 is 14.6 Å². The second kappa shape index (κ2) is 8.51. The molecule has 2 aliphatic carbocycles. The van der Waals surface area contributed by atoms with Gasteiger partial charge in [-0.15, -0.1) is 11.3 Å². The number of aliphatic hydroxyl groups is 1. The van der Waals surface area contributed by atoms with Gasteiger partial charge in [0.25, 0.3) is 0 Å².